The van der Waals surface area contributed by atoms with E-state index in [2.05, 4.69) is 32.3 Å². The number of hydrogen-bond acceptors (Lipinski definition) is 3. The molecule has 0 saturated heterocycles. The highest BCUT2D eigenvalue weighted by atomic mass is 15.3. The van der Waals surface area contributed by atoms with Gasteiger partial charge >= 0.3 is 0 Å². The van der Waals surface area contributed by atoms with Gasteiger partial charge in [0.05, 0.1) is 0 Å². The van der Waals surface area contributed by atoms with Crippen LogP contribution in [0.15, 0.2) is 30.5 Å². The fourth-order valence-electron chi connectivity index (χ4n) is 2.02. The van der Waals surface area contributed by atoms with Crippen LogP contribution in [0.4, 0.5) is 5.95 Å². The zero-order valence-electron chi connectivity index (χ0n) is 10.4. The number of para-hydroxylation sites is 1. The first kappa shape index (κ1) is 10.8. The molecule has 2 N–H and O–H groups in total. The highest BCUT2D eigenvalue weighted by molar-refractivity contribution is 5.83. The number of H-pyrrole nitrogens is 2. The van der Waals surface area contributed by atoms with E-state index in [1.165, 1.54) is 10.9 Å². The van der Waals surface area contributed by atoms with Crippen molar-refractivity contribution in [2.75, 3.05) is 19.0 Å². The van der Waals surface area contributed by atoms with Crippen molar-refractivity contribution in [3.63, 3.8) is 0 Å². The highest BCUT2D eigenvalue weighted by Gasteiger charge is 2.08. The minimum atomic E-state index is 0.713. The average Bonchev–Trinajstić information content (AvgIpc) is 2.98. The summed E-state index contributed by atoms with van der Waals surface area (Å²) in [7, 11) is 3.86. The number of fused-ring (bicyclic) bond motifs is 1. The Kier molecular flexibility index (Phi) is 2.51. The maximum atomic E-state index is 4.44. The molecule has 0 aliphatic carbocycles. The molecule has 3 aromatic rings. The summed E-state index contributed by atoms with van der Waals surface area (Å²) >= 11 is 0. The molecule has 18 heavy (non-hydrogen) atoms. The molecular weight excluding hydrogens is 226 g/mol. The van der Waals surface area contributed by atoms with Gasteiger partial charge in [0.2, 0.25) is 5.95 Å². The third kappa shape index (κ3) is 1.84. The monoisotopic (exact) mass is 241 g/mol. The molecule has 0 amide bonds. The van der Waals surface area contributed by atoms with Gasteiger partial charge in [0.15, 0.2) is 0 Å². The van der Waals surface area contributed by atoms with Crippen molar-refractivity contribution in [3.8, 4) is 0 Å². The van der Waals surface area contributed by atoms with Crippen LogP contribution in [-0.4, -0.2) is 34.3 Å². The molecule has 0 fully saturated rings. The van der Waals surface area contributed by atoms with Crippen molar-refractivity contribution in [3.05, 3.63) is 41.9 Å². The molecule has 0 radical (unpaired) electrons. The molecular formula is C13H15N5. The van der Waals surface area contributed by atoms with Crippen LogP contribution in [0.1, 0.15) is 11.4 Å². The lowest BCUT2D eigenvalue weighted by molar-refractivity contribution is 0.970. The number of aromatic amines is 2. The Morgan fingerprint density at radius 1 is 1.22 bits per heavy atom. The maximum Gasteiger partial charge on any atom is 0.244 e. The van der Waals surface area contributed by atoms with Crippen molar-refractivity contribution < 1.29 is 0 Å². The molecule has 5 heteroatoms. The van der Waals surface area contributed by atoms with E-state index in [1.807, 2.05) is 37.3 Å². The predicted molar refractivity (Wildman–Crippen MR) is 71.8 cm³/mol. The summed E-state index contributed by atoms with van der Waals surface area (Å²) in [5.41, 5.74) is 2.38. The fourth-order valence-corrected chi connectivity index (χ4v) is 2.02. The van der Waals surface area contributed by atoms with Gasteiger partial charge < -0.3 is 9.88 Å². The lowest BCUT2D eigenvalue weighted by Gasteiger charge is -2.03. The normalized spacial score (nSPS) is 11.0. The van der Waals surface area contributed by atoms with Crippen molar-refractivity contribution in [2.45, 2.75) is 6.42 Å². The number of nitrogens with zero attached hydrogens (tertiary/aromatic N) is 3. The van der Waals surface area contributed by atoms with E-state index in [-0.39, 0.29) is 0 Å². The minimum Gasteiger partial charge on any atom is -0.361 e. The number of anilines is 1. The zero-order valence-corrected chi connectivity index (χ0v) is 10.4. The Bertz CT molecular complexity index is 665. The van der Waals surface area contributed by atoms with Gasteiger partial charge in [-0.1, -0.05) is 18.2 Å². The second-order valence-electron chi connectivity index (χ2n) is 4.51. The van der Waals surface area contributed by atoms with E-state index in [4.69, 9.17) is 0 Å². The number of hydrogen-bond donors (Lipinski definition) is 2. The van der Waals surface area contributed by atoms with Gasteiger partial charge in [-0.2, -0.15) is 4.98 Å². The molecule has 0 bridgehead atoms. The summed E-state index contributed by atoms with van der Waals surface area (Å²) in [6.45, 7) is 0. The first-order chi connectivity index (χ1) is 8.74. The van der Waals surface area contributed by atoms with Crippen molar-refractivity contribution in [1.82, 2.24) is 20.2 Å². The van der Waals surface area contributed by atoms with E-state index < -0.39 is 0 Å². The number of nitrogens with one attached hydrogen (secondary N) is 2. The molecule has 92 valence electrons. The minimum absolute atomic E-state index is 0.713. The van der Waals surface area contributed by atoms with Crippen molar-refractivity contribution in [1.29, 1.82) is 0 Å². The standard InChI is InChI=1S/C13H15N5/c1-18(2)13-15-12(16-17-13)7-9-8-14-11-6-4-3-5-10(9)11/h3-6,8,14H,7H2,1-2H3,(H,15,16,17). The summed E-state index contributed by atoms with van der Waals surface area (Å²) in [5.74, 6) is 1.59. The Morgan fingerprint density at radius 2 is 2.06 bits per heavy atom. The second kappa shape index (κ2) is 4.18. The van der Waals surface area contributed by atoms with Crippen LogP contribution >= 0.6 is 0 Å². The summed E-state index contributed by atoms with van der Waals surface area (Å²) in [6, 6.07) is 8.27. The Hall–Kier alpha value is -2.30. The quantitative estimate of drug-likeness (QED) is 0.736. The largest absolute Gasteiger partial charge is 0.361 e. The van der Waals surface area contributed by atoms with Gasteiger partial charge in [-0.15, -0.1) is 5.10 Å². The molecule has 3 rings (SSSR count). The summed E-state index contributed by atoms with van der Waals surface area (Å²) in [4.78, 5) is 9.59. The van der Waals surface area contributed by atoms with Crippen LogP contribution in [0.2, 0.25) is 0 Å². The molecule has 2 aromatic heterocycles. The van der Waals surface area contributed by atoms with Crippen molar-refractivity contribution >= 4 is 16.9 Å². The van der Waals surface area contributed by atoms with Gasteiger partial charge in [0, 0.05) is 37.6 Å². The van der Waals surface area contributed by atoms with E-state index in [0.29, 0.717) is 5.95 Å². The fraction of sp³-hybridized carbons (Fsp3) is 0.231. The van der Waals surface area contributed by atoms with E-state index in [1.54, 1.807) is 0 Å². The topological polar surface area (TPSA) is 60.6 Å². The van der Waals surface area contributed by atoms with Crippen LogP contribution in [0.25, 0.3) is 10.9 Å². The van der Waals surface area contributed by atoms with Crippen LogP contribution in [0, 0.1) is 0 Å². The lowest BCUT2D eigenvalue weighted by atomic mass is 10.1. The molecule has 0 aliphatic heterocycles. The highest BCUT2D eigenvalue weighted by Crippen LogP contribution is 2.19. The maximum absolute atomic E-state index is 4.44. The third-order valence-electron chi connectivity index (χ3n) is 2.95. The van der Waals surface area contributed by atoms with Crippen LogP contribution in [0.3, 0.4) is 0 Å². The van der Waals surface area contributed by atoms with Crippen LogP contribution in [-0.2, 0) is 6.42 Å². The second-order valence-corrected chi connectivity index (χ2v) is 4.51. The summed E-state index contributed by atoms with van der Waals surface area (Å²) < 4.78 is 0. The number of benzene rings is 1. The molecule has 0 unspecified atom stereocenters. The SMILES string of the molecule is CN(C)c1n[nH]c(Cc2c[nH]c3ccccc23)n1. The van der Waals surface area contributed by atoms with Gasteiger partial charge in [-0.25, -0.2) is 0 Å². The molecule has 2 heterocycles. The molecule has 0 spiro atoms. The van der Waals surface area contributed by atoms with Gasteiger partial charge in [0.1, 0.15) is 5.82 Å². The zero-order chi connectivity index (χ0) is 12.5. The van der Waals surface area contributed by atoms with Crippen LogP contribution in [0.5, 0.6) is 0 Å². The van der Waals surface area contributed by atoms with E-state index in [0.717, 1.165) is 17.8 Å². The molecule has 0 atom stereocenters. The molecule has 0 aliphatic rings. The third-order valence-corrected chi connectivity index (χ3v) is 2.95. The lowest BCUT2D eigenvalue weighted by Crippen LogP contribution is -2.10. The first-order valence-corrected chi connectivity index (χ1v) is 5.87. The number of aromatic nitrogens is 4. The Morgan fingerprint density at radius 3 is 2.83 bits per heavy atom. The molecule has 1 aromatic carbocycles. The molecule has 5 nitrogen and oxygen atoms in total. The molecule has 0 saturated carbocycles. The van der Waals surface area contributed by atoms with Gasteiger partial charge in [0.25, 0.3) is 0 Å². The van der Waals surface area contributed by atoms with Crippen molar-refractivity contribution in [2.24, 2.45) is 0 Å². The Balaban J connectivity index is 1.91. The first-order valence-electron chi connectivity index (χ1n) is 5.87. The van der Waals surface area contributed by atoms with E-state index in [9.17, 15) is 0 Å². The average molecular weight is 241 g/mol. The number of rotatable bonds is 3. The smallest absolute Gasteiger partial charge is 0.244 e. The Labute approximate surface area is 105 Å². The van der Waals surface area contributed by atoms with Gasteiger partial charge in [-0.3, -0.25) is 5.10 Å². The summed E-state index contributed by atoms with van der Waals surface area (Å²) in [6.07, 6.45) is 2.79. The summed E-state index contributed by atoms with van der Waals surface area (Å²) in [5, 5.41) is 8.37. The van der Waals surface area contributed by atoms with Gasteiger partial charge in [-0.05, 0) is 11.6 Å². The predicted octanol–water partition coefficient (Wildman–Crippen LogP) is 1.94. The van der Waals surface area contributed by atoms with Crippen LogP contribution < -0.4 is 4.90 Å². The van der Waals surface area contributed by atoms with E-state index >= 15 is 0 Å².